The zero-order valence-corrected chi connectivity index (χ0v) is 18.7. The Morgan fingerprint density at radius 3 is 2.50 bits per heavy atom. The van der Waals surface area contributed by atoms with E-state index in [1.807, 2.05) is 56.4 Å². The van der Waals surface area contributed by atoms with Gasteiger partial charge < -0.3 is 4.74 Å². The predicted octanol–water partition coefficient (Wildman–Crippen LogP) is 5.87. The summed E-state index contributed by atoms with van der Waals surface area (Å²) in [4.78, 5) is 9.31. The monoisotopic (exact) mass is 420 g/mol. The lowest BCUT2D eigenvalue weighted by molar-refractivity contribution is 0.310. The van der Waals surface area contributed by atoms with Gasteiger partial charge >= 0.3 is 0 Å². The molecule has 0 fully saturated rings. The molecule has 3 aromatic heterocycles. The Labute approximate surface area is 181 Å². The van der Waals surface area contributed by atoms with Crippen LogP contribution < -0.4 is 4.74 Å². The number of hydrogen-bond acceptors (Lipinski definition) is 4. The highest BCUT2D eigenvalue weighted by molar-refractivity contribution is 6.33. The molecule has 0 amide bonds. The first kappa shape index (κ1) is 20.4. The number of aryl methyl sites for hydroxylation is 2. The molecule has 0 aliphatic rings. The van der Waals surface area contributed by atoms with Crippen molar-refractivity contribution < 1.29 is 4.74 Å². The van der Waals surface area contributed by atoms with E-state index in [-0.39, 0.29) is 5.41 Å². The number of pyridine rings is 2. The summed E-state index contributed by atoms with van der Waals surface area (Å²) in [6.07, 6.45) is 1.76. The maximum absolute atomic E-state index is 6.78. The second kappa shape index (κ2) is 7.73. The van der Waals surface area contributed by atoms with Crippen LogP contribution in [0.5, 0.6) is 5.75 Å². The van der Waals surface area contributed by atoms with E-state index >= 15 is 0 Å². The molecule has 0 saturated heterocycles. The lowest BCUT2D eigenvalue weighted by Gasteiger charge is -2.15. The van der Waals surface area contributed by atoms with Crippen molar-refractivity contribution in [2.75, 3.05) is 0 Å². The van der Waals surface area contributed by atoms with Gasteiger partial charge in [0.25, 0.3) is 0 Å². The zero-order valence-electron chi connectivity index (χ0n) is 17.9. The SMILES string of the molecule is Cc1nccc2nc(-c3c(Cl)c(C(C)(C)C)nn3C)cc(OCc3ccccc3)c12. The van der Waals surface area contributed by atoms with E-state index in [2.05, 4.69) is 30.9 Å². The predicted molar refractivity (Wildman–Crippen MR) is 121 cm³/mol. The molecule has 0 N–H and O–H groups in total. The van der Waals surface area contributed by atoms with Gasteiger partial charge in [-0.1, -0.05) is 62.7 Å². The fourth-order valence-electron chi connectivity index (χ4n) is 3.54. The number of benzene rings is 1. The maximum Gasteiger partial charge on any atom is 0.133 e. The number of ether oxygens (including phenoxy) is 1. The summed E-state index contributed by atoms with van der Waals surface area (Å²) in [5, 5.41) is 6.20. The van der Waals surface area contributed by atoms with Crippen LogP contribution in [0.1, 0.15) is 37.7 Å². The van der Waals surface area contributed by atoms with Crippen LogP contribution in [0, 0.1) is 6.92 Å². The van der Waals surface area contributed by atoms with Crippen molar-refractivity contribution in [1.29, 1.82) is 0 Å². The quantitative estimate of drug-likeness (QED) is 0.414. The maximum atomic E-state index is 6.78. The Morgan fingerprint density at radius 2 is 1.83 bits per heavy atom. The third kappa shape index (κ3) is 3.77. The number of nitrogens with zero attached hydrogens (tertiary/aromatic N) is 4. The summed E-state index contributed by atoms with van der Waals surface area (Å²) in [6.45, 7) is 8.72. The molecule has 5 nitrogen and oxygen atoms in total. The van der Waals surface area contributed by atoms with Crippen molar-refractivity contribution in [1.82, 2.24) is 19.7 Å². The van der Waals surface area contributed by atoms with E-state index in [0.717, 1.165) is 45.0 Å². The molecule has 6 heteroatoms. The first-order valence-corrected chi connectivity index (χ1v) is 10.3. The molecular weight excluding hydrogens is 396 g/mol. The highest BCUT2D eigenvalue weighted by Crippen LogP contribution is 2.38. The second-order valence-electron chi connectivity index (χ2n) is 8.46. The summed E-state index contributed by atoms with van der Waals surface area (Å²) in [5.74, 6) is 0.735. The van der Waals surface area contributed by atoms with Gasteiger partial charge in [0, 0.05) is 24.7 Å². The third-order valence-electron chi connectivity index (χ3n) is 5.05. The first-order chi connectivity index (χ1) is 14.3. The van der Waals surface area contributed by atoms with E-state index in [1.165, 1.54) is 0 Å². The number of aromatic nitrogens is 4. The Bertz CT molecular complexity index is 1210. The molecule has 0 saturated carbocycles. The summed E-state index contributed by atoms with van der Waals surface area (Å²) in [6, 6.07) is 13.9. The van der Waals surface area contributed by atoms with Crippen molar-refractivity contribution in [3.8, 4) is 17.1 Å². The standard InChI is InChI=1S/C24H25ClN4O/c1-15-20-17(11-12-26-15)27-18(13-19(20)30-14-16-9-7-6-8-10-16)22-21(25)23(24(2,3)4)28-29(22)5/h6-13H,14H2,1-5H3. The lowest BCUT2D eigenvalue weighted by atomic mass is 9.92. The summed E-state index contributed by atoms with van der Waals surface area (Å²) < 4.78 is 8.05. The van der Waals surface area contributed by atoms with Crippen molar-refractivity contribution >= 4 is 22.5 Å². The first-order valence-electron chi connectivity index (χ1n) is 9.92. The highest BCUT2D eigenvalue weighted by Gasteiger charge is 2.27. The summed E-state index contributed by atoms with van der Waals surface area (Å²) in [7, 11) is 1.89. The van der Waals surface area contributed by atoms with Gasteiger partial charge in [0.2, 0.25) is 0 Å². The number of rotatable bonds is 4. The Morgan fingerprint density at radius 1 is 1.10 bits per heavy atom. The van der Waals surface area contributed by atoms with Crippen LogP contribution in [0.15, 0.2) is 48.7 Å². The summed E-state index contributed by atoms with van der Waals surface area (Å²) in [5.41, 5.74) is 4.98. The molecule has 0 unspecified atom stereocenters. The number of fused-ring (bicyclic) bond motifs is 1. The van der Waals surface area contributed by atoms with Gasteiger partial charge in [0.05, 0.1) is 33.0 Å². The van der Waals surface area contributed by atoms with Gasteiger partial charge in [-0.3, -0.25) is 9.67 Å². The smallest absolute Gasteiger partial charge is 0.133 e. The van der Waals surface area contributed by atoms with Crippen LogP contribution in [0.4, 0.5) is 0 Å². The minimum atomic E-state index is -0.170. The average molecular weight is 421 g/mol. The zero-order chi connectivity index (χ0) is 21.5. The molecule has 0 atom stereocenters. The minimum absolute atomic E-state index is 0.170. The van der Waals surface area contributed by atoms with E-state index in [9.17, 15) is 0 Å². The van der Waals surface area contributed by atoms with Gasteiger partial charge in [-0.15, -0.1) is 0 Å². The molecule has 4 rings (SSSR count). The normalized spacial score (nSPS) is 11.8. The second-order valence-corrected chi connectivity index (χ2v) is 8.83. The van der Waals surface area contributed by atoms with Crippen molar-refractivity contribution in [2.45, 2.75) is 39.7 Å². The molecule has 4 aromatic rings. The molecule has 0 radical (unpaired) electrons. The summed E-state index contributed by atoms with van der Waals surface area (Å²) >= 11 is 6.78. The van der Waals surface area contributed by atoms with Crippen LogP contribution >= 0.6 is 11.6 Å². The van der Waals surface area contributed by atoms with Crippen LogP contribution in [0.25, 0.3) is 22.3 Å². The van der Waals surface area contributed by atoms with Gasteiger partial charge in [0.15, 0.2) is 0 Å². The van der Waals surface area contributed by atoms with Crippen LogP contribution in [0.3, 0.4) is 0 Å². The molecule has 3 heterocycles. The Hall–Kier alpha value is -2.92. The number of hydrogen-bond donors (Lipinski definition) is 0. The van der Waals surface area contributed by atoms with Crippen molar-refractivity contribution in [3.63, 3.8) is 0 Å². The minimum Gasteiger partial charge on any atom is -0.488 e. The van der Waals surface area contributed by atoms with Gasteiger partial charge in [0.1, 0.15) is 18.1 Å². The number of halogens is 1. The van der Waals surface area contributed by atoms with E-state index in [4.69, 9.17) is 21.3 Å². The molecule has 0 aliphatic carbocycles. The van der Waals surface area contributed by atoms with Gasteiger partial charge in [-0.2, -0.15) is 5.10 Å². The molecule has 0 bridgehead atoms. The molecule has 0 aliphatic heterocycles. The van der Waals surface area contributed by atoms with Crippen LogP contribution in [0.2, 0.25) is 5.02 Å². The lowest BCUT2D eigenvalue weighted by Crippen LogP contribution is -2.12. The average Bonchev–Trinajstić information content (AvgIpc) is 3.01. The van der Waals surface area contributed by atoms with Crippen molar-refractivity contribution in [3.05, 3.63) is 70.6 Å². The van der Waals surface area contributed by atoms with E-state index in [1.54, 1.807) is 10.9 Å². The Balaban J connectivity index is 1.86. The van der Waals surface area contributed by atoms with E-state index in [0.29, 0.717) is 11.6 Å². The fourth-order valence-corrected chi connectivity index (χ4v) is 4.08. The molecule has 0 spiro atoms. The molecular formula is C24H25ClN4O. The van der Waals surface area contributed by atoms with Gasteiger partial charge in [-0.25, -0.2) is 4.98 Å². The highest BCUT2D eigenvalue weighted by atomic mass is 35.5. The topological polar surface area (TPSA) is 52.8 Å². The molecule has 1 aromatic carbocycles. The third-order valence-corrected chi connectivity index (χ3v) is 5.41. The molecule has 154 valence electrons. The molecule has 30 heavy (non-hydrogen) atoms. The van der Waals surface area contributed by atoms with Crippen molar-refractivity contribution in [2.24, 2.45) is 7.05 Å². The largest absolute Gasteiger partial charge is 0.488 e. The van der Waals surface area contributed by atoms with Gasteiger partial charge in [-0.05, 0) is 18.6 Å². The van der Waals surface area contributed by atoms with E-state index < -0.39 is 0 Å². The van der Waals surface area contributed by atoms with Crippen LogP contribution in [-0.4, -0.2) is 19.7 Å². The Kier molecular flexibility index (Phi) is 5.24. The van der Waals surface area contributed by atoms with Crippen LogP contribution in [-0.2, 0) is 19.1 Å². The fraction of sp³-hybridized carbons (Fsp3) is 0.292.